The molecule has 1 aliphatic heterocycles. The summed E-state index contributed by atoms with van der Waals surface area (Å²) in [6, 6.07) is 6.12. The summed E-state index contributed by atoms with van der Waals surface area (Å²) in [5.41, 5.74) is 0.143. The van der Waals surface area contributed by atoms with Crippen LogP contribution in [0.3, 0.4) is 0 Å². The average molecular weight is 334 g/mol. The number of benzene rings is 1. The zero-order chi connectivity index (χ0) is 17.5. The lowest BCUT2D eigenvalue weighted by atomic mass is 10.0. The van der Waals surface area contributed by atoms with Crippen molar-refractivity contribution >= 4 is 17.9 Å². The van der Waals surface area contributed by atoms with Crippen LogP contribution in [0.25, 0.3) is 0 Å². The molecule has 0 amide bonds. The number of carbonyl (C=O) groups excluding carboxylic acids is 3. The van der Waals surface area contributed by atoms with Gasteiger partial charge in [0.1, 0.15) is 12.7 Å². The van der Waals surface area contributed by atoms with Gasteiger partial charge in [-0.05, 0) is 12.1 Å². The van der Waals surface area contributed by atoms with Crippen molar-refractivity contribution in [2.24, 2.45) is 5.92 Å². The molecule has 0 saturated heterocycles. The molecule has 0 N–H and O–H groups in total. The normalized spacial score (nSPS) is 22.0. The van der Waals surface area contributed by atoms with Crippen LogP contribution in [0.1, 0.15) is 34.1 Å². The van der Waals surface area contributed by atoms with E-state index in [0.717, 1.165) is 6.08 Å². The van der Waals surface area contributed by atoms with Crippen molar-refractivity contribution in [2.45, 2.75) is 19.4 Å². The van der Waals surface area contributed by atoms with E-state index in [0.29, 0.717) is 0 Å². The fraction of sp³-hybridized carbons (Fsp3) is 0.353. The minimum absolute atomic E-state index is 0.0247. The number of ether oxygens (including phenoxy) is 2. The van der Waals surface area contributed by atoms with Gasteiger partial charge >= 0.3 is 17.9 Å². The van der Waals surface area contributed by atoms with E-state index in [1.807, 2.05) is 0 Å². The Morgan fingerprint density at radius 1 is 1.25 bits per heavy atom. The SMILES string of the molecule is C=CC(=O)OC1CCOC(=O)c2ccccc2C(=O)OOCC1C. The van der Waals surface area contributed by atoms with Crippen molar-refractivity contribution in [1.82, 2.24) is 0 Å². The number of hydrogen-bond donors (Lipinski definition) is 0. The van der Waals surface area contributed by atoms with E-state index in [2.05, 4.69) is 6.58 Å². The lowest BCUT2D eigenvalue weighted by Crippen LogP contribution is -2.30. The molecule has 1 aromatic rings. The molecular weight excluding hydrogens is 316 g/mol. The number of fused-ring (bicyclic) bond motifs is 1. The minimum atomic E-state index is -0.796. The molecule has 7 heteroatoms. The van der Waals surface area contributed by atoms with Crippen LogP contribution in [0, 0.1) is 5.92 Å². The number of hydrogen-bond acceptors (Lipinski definition) is 7. The molecule has 0 saturated carbocycles. The van der Waals surface area contributed by atoms with Crippen molar-refractivity contribution in [2.75, 3.05) is 13.2 Å². The van der Waals surface area contributed by atoms with Gasteiger partial charge in [0, 0.05) is 18.4 Å². The van der Waals surface area contributed by atoms with Gasteiger partial charge in [-0.25, -0.2) is 14.4 Å². The summed E-state index contributed by atoms with van der Waals surface area (Å²) in [5.74, 6) is -2.33. The molecular formula is C17H18O7. The highest BCUT2D eigenvalue weighted by atomic mass is 17.2. The zero-order valence-electron chi connectivity index (χ0n) is 13.2. The highest BCUT2D eigenvalue weighted by Crippen LogP contribution is 2.17. The summed E-state index contributed by atoms with van der Waals surface area (Å²) in [5, 5.41) is 0. The highest BCUT2D eigenvalue weighted by molar-refractivity contribution is 6.02. The molecule has 2 rings (SSSR count). The standard InChI is InChI=1S/C17H18O7/c1-3-15(18)23-14-8-9-21-16(19)12-6-4-5-7-13(12)17(20)24-22-10-11(14)2/h3-7,11,14H,1,8-10H2,2H3. The lowest BCUT2D eigenvalue weighted by molar-refractivity contribution is -0.253. The van der Waals surface area contributed by atoms with Crippen LogP contribution in [0.5, 0.6) is 0 Å². The molecule has 7 nitrogen and oxygen atoms in total. The van der Waals surface area contributed by atoms with Crippen LogP contribution in [0.4, 0.5) is 0 Å². The van der Waals surface area contributed by atoms with Crippen LogP contribution in [0.15, 0.2) is 36.9 Å². The summed E-state index contributed by atoms with van der Waals surface area (Å²) < 4.78 is 10.4. The molecule has 24 heavy (non-hydrogen) atoms. The Morgan fingerprint density at radius 3 is 2.58 bits per heavy atom. The first kappa shape index (κ1) is 17.7. The van der Waals surface area contributed by atoms with Gasteiger partial charge in [0.2, 0.25) is 0 Å². The van der Waals surface area contributed by atoms with Crippen molar-refractivity contribution in [1.29, 1.82) is 0 Å². The minimum Gasteiger partial charge on any atom is -0.462 e. The molecule has 1 heterocycles. The molecule has 128 valence electrons. The number of esters is 2. The quantitative estimate of drug-likeness (QED) is 0.465. The van der Waals surface area contributed by atoms with E-state index in [9.17, 15) is 14.4 Å². The maximum absolute atomic E-state index is 12.1. The van der Waals surface area contributed by atoms with Crippen LogP contribution >= 0.6 is 0 Å². The summed E-state index contributed by atoms with van der Waals surface area (Å²) in [6.45, 7) is 5.15. The van der Waals surface area contributed by atoms with Crippen molar-refractivity contribution in [3.8, 4) is 0 Å². The maximum Gasteiger partial charge on any atom is 0.373 e. The molecule has 0 bridgehead atoms. The first-order valence-electron chi connectivity index (χ1n) is 7.46. The maximum atomic E-state index is 12.1. The molecule has 0 fully saturated rings. The van der Waals surface area contributed by atoms with Crippen LogP contribution < -0.4 is 0 Å². The van der Waals surface area contributed by atoms with Crippen LogP contribution in [0.2, 0.25) is 0 Å². The second-order valence-corrected chi connectivity index (χ2v) is 5.28. The molecule has 0 spiro atoms. The smallest absolute Gasteiger partial charge is 0.373 e. The second-order valence-electron chi connectivity index (χ2n) is 5.28. The second kappa shape index (κ2) is 8.26. The predicted octanol–water partition coefficient (Wildman–Crippen LogP) is 2.07. The third kappa shape index (κ3) is 4.42. The number of rotatable bonds is 2. The van der Waals surface area contributed by atoms with Gasteiger partial charge in [0.15, 0.2) is 0 Å². The first-order valence-corrected chi connectivity index (χ1v) is 7.46. The Bertz CT molecular complexity index is 638. The van der Waals surface area contributed by atoms with E-state index in [4.69, 9.17) is 19.2 Å². The predicted molar refractivity (Wildman–Crippen MR) is 82.0 cm³/mol. The third-order valence-electron chi connectivity index (χ3n) is 3.54. The monoisotopic (exact) mass is 334 g/mol. The fourth-order valence-electron chi connectivity index (χ4n) is 2.19. The van der Waals surface area contributed by atoms with Crippen LogP contribution in [-0.2, 0) is 24.0 Å². The van der Waals surface area contributed by atoms with Gasteiger partial charge in [-0.3, -0.25) is 4.89 Å². The highest BCUT2D eigenvalue weighted by Gasteiger charge is 2.26. The summed E-state index contributed by atoms with van der Waals surface area (Å²) in [6.07, 6.45) is 0.759. The van der Waals surface area contributed by atoms with E-state index in [1.54, 1.807) is 19.1 Å². The molecule has 2 unspecified atom stereocenters. The number of cyclic esters (lactones) is 1. The van der Waals surface area contributed by atoms with Gasteiger partial charge in [-0.2, -0.15) is 4.89 Å². The first-order chi connectivity index (χ1) is 11.5. The fourth-order valence-corrected chi connectivity index (χ4v) is 2.19. The van der Waals surface area contributed by atoms with E-state index in [-0.39, 0.29) is 36.7 Å². The number of carbonyl (C=O) groups is 3. The molecule has 1 aliphatic rings. The summed E-state index contributed by atoms with van der Waals surface area (Å²) in [4.78, 5) is 45.3. The van der Waals surface area contributed by atoms with Gasteiger partial charge in [0.25, 0.3) is 0 Å². The zero-order valence-corrected chi connectivity index (χ0v) is 13.2. The Morgan fingerprint density at radius 2 is 1.92 bits per heavy atom. The Kier molecular flexibility index (Phi) is 6.08. The van der Waals surface area contributed by atoms with Gasteiger partial charge in [-0.1, -0.05) is 25.6 Å². The molecule has 0 aliphatic carbocycles. The molecule has 0 radical (unpaired) electrons. The average Bonchev–Trinajstić information content (AvgIpc) is 2.59. The molecule has 0 aromatic heterocycles. The lowest BCUT2D eigenvalue weighted by Gasteiger charge is -2.23. The van der Waals surface area contributed by atoms with Gasteiger partial charge < -0.3 is 9.47 Å². The molecule has 2 atom stereocenters. The van der Waals surface area contributed by atoms with Crippen molar-refractivity contribution in [3.05, 3.63) is 48.0 Å². The van der Waals surface area contributed by atoms with Gasteiger partial charge in [-0.15, -0.1) is 0 Å². The largest absolute Gasteiger partial charge is 0.462 e. The Labute approximate surface area is 139 Å². The summed E-state index contributed by atoms with van der Waals surface area (Å²) >= 11 is 0. The third-order valence-corrected chi connectivity index (χ3v) is 3.54. The van der Waals surface area contributed by atoms with Crippen molar-refractivity contribution in [3.63, 3.8) is 0 Å². The Balaban J connectivity index is 2.18. The van der Waals surface area contributed by atoms with E-state index >= 15 is 0 Å². The van der Waals surface area contributed by atoms with Gasteiger partial charge in [0.05, 0.1) is 17.7 Å². The summed E-state index contributed by atoms with van der Waals surface area (Å²) in [7, 11) is 0. The van der Waals surface area contributed by atoms with Crippen molar-refractivity contribution < 1.29 is 33.6 Å². The topological polar surface area (TPSA) is 88.1 Å². The van der Waals surface area contributed by atoms with Crippen LogP contribution in [-0.4, -0.2) is 37.2 Å². The van der Waals surface area contributed by atoms with E-state index < -0.39 is 24.0 Å². The van der Waals surface area contributed by atoms with E-state index in [1.165, 1.54) is 12.1 Å². The molecule has 1 aromatic carbocycles. The Hall–Kier alpha value is -2.67.